The molecule has 0 N–H and O–H groups in total. The summed E-state index contributed by atoms with van der Waals surface area (Å²) >= 11 is 1.65. The lowest BCUT2D eigenvalue weighted by Gasteiger charge is -2.08. The Morgan fingerprint density at radius 1 is 1.18 bits per heavy atom. The number of methoxy groups -OCH3 is 1. The summed E-state index contributed by atoms with van der Waals surface area (Å²) in [5.74, 6) is 0. The first-order chi connectivity index (χ1) is 8.11. The molecule has 0 bridgehead atoms. The van der Waals surface area contributed by atoms with Gasteiger partial charge >= 0.3 is 0 Å². The molecule has 0 aliphatic heterocycles. The van der Waals surface area contributed by atoms with Gasteiger partial charge in [0.15, 0.2) is 0 Å². The maximum absolute atomic E-state index is 5.10. The first kappa shape index (κ1) is 12.3. The molecule has 0 saturated carbocycles. The molecule has 1 aromatic carbocycles. The molecule has 0 unspecified atom stereocenters. The minimum Gasteiger partial charge on any atom is -0.378 e. The first-order valence-electron chi connectivity index (χ1n) is 5.63. The van der Waals surface area contributed by atoms with Crippen LogP contribution in [-0.2, 0) is 11.3 Å². The van der Waals surface area contributed by atoms with Gasteiger partial charge in [-0.1, -0.05) is 17.7 Å². The van der Waals surface area contributed by atoms with Crippen molar-refractivity contribution in [1.82, 2.24) is 4.98 Å². The van der Waals surface area contributed by atoms with E-state index in [2.05, 4.69) is 43.3 Å². The quantitative estimate of drug-likeness (QED) is 0.821. The lowest BCUT2D eigenvalue weighted by molar-refractivity contribution is 0.184. The first-order valence-corrected chi connectivity index (χ1v) is 6.51. The summed E-state index contributed by atoms with van der Waals surface area (Å²) in [6, 6.07) is 4.41. The highest BCUT2D eigenvalue weighted by Gasteiger charge is 2.10. The Balaban J connectivity index is 2.45. The van der Waals surface area contributed by atoms with Crippen molar-refractivity contribution in [2.75, 3.05) is 7.11 Å². The van der Waals surface area contributed by atoms with Crippen LogP contribution < -0.4 is 0 Å². The average Bonchev–Trinajstić information content (AvgIpc) is 2.65. The van der Waals surface area contributed by atoms with E-state index in [-0.39, 0.29) is 0 Å². The lowest BCUT2D eigenvalue weighted by Crippen LogP contribution is -1.91. The van der Waals surface area contributed by atoms with E-state index in [0.29, 0.717) is 6.61 Å². The summed E-state index contributed by atoms with van der Waals surface area (Å²) in [6.45, 7) is 7.01. The van der Waals surface area contributed by atoms with Crippen LogP contribution in [0, 0.1) is 20.8 Å². The number of aryl methyl sites for hydroxylation is 3. The van der Waals surface area contributed by atoms with Crippen LogP contribution in [0.2, 0.25) is 0 Å². The van der Waals surface area contributed by atoms with Crippen LogP contribution in [0.4, 0.5) is 0 Å². The molecule has 0 aliphatic carbocycles. The van der Waals surface area contributed by atoms with E-state index in [1.165, 1.54) is 22.3 Å². The highest BCUT2D eigenvalue weighted by Crippen LogP contribution is 2.29. The number of hydrogen-bond acceptors (Lipinski definition) is 3. The Morgan fingerprint density at radius 2 is 1.82 bits per heavy atom. The van der Waals surface area contributed by atoms with Crippen LogP contribution in [0.1, 0.15) is 21.7 Å². The highest BCUT2D eigenvalue weighted by atomic mass is 32.1. The summed E-state index contributed by atoms with van der Waals surface area (Å²) in [6.07, 6.45) is 0. The lowest BCUT2D eigenvalue weighted by atomic mass is 9.98. The van der Waals surface area contributed by atoms with Crippen LogP contribution in [-0.4, -0.2) is 12.1 Å². The Kier molecular flexibility index (Phi) is 3.60. The average molecular weight is 247 g/mol. The molecule has 2 aromatic rings. The fourth-order valence-electron chi connectivity index (χ4n) is 2.20. The SMILES string of the molecule is COCc1nc(-c2c(C)cc(C)cc2C)cs1. The normalized spacial score (nSPS) is 10.8. The number of benzene rings is 1. The fourth-order valence-corrected chi connectivity index (χ4v) is 2.95. The van der Waals surface area contributed by atoms with Gasteiger partial charge in [-0.15, -0.1) is 11.3 Å². The van der Waals surface area contributed by atoms with Gasteiger partial charge < -0.3 is 4.74 Å². The van der Waals surface area contributed by atoms with E-state index in [4.69, 9.17) is 4.74 Å². The molecule has 0 spiro atoms. The Hall–Kier alpha value is -1.19. The minimum absolute atomic E-state index is 0.592. The summed E-state index contributed by atoms with van der Waals surface area (Å²) in [5, 5.41) is 3.14. The van der Waals surface area contributed by atoms with Gasteiger partial charge in [-0.05, 0) is 31.9 Å². The second-order valence-corrected chi connectivity index (χ2v) is 5.28. The third-order valence-corrected chi connectivity index (χ3v) is 3.58. The number of nitrogens with zero attached hydrogens (tertiary/aromatic N) is 1. The molecule has 1 heterocycles. The van der Waals surface area contributed by atoms with Gasteiger partial charge in [0, 0.05) is 18.1 Å². The van der Waals surface area contributed by atoms with Crippen molar-refractivity contribution in [3.8, 4) is 11.3 Å². The third-order valence-electron chi connectivity index (χ3n) is 2.75. The maximum Gasteiger partial charge on any atom is 0.119 e. The summed E-state index contributed by atoms with van der Waals surface area (Å²) in [4.78, 5) is 4.62. The second-order valence-electron chi connectivity index (χ2n) is 4.33. The molecule has 0 atom stereocenters. The van der Waals surface area contributed by atoms with Crippen molar-refractivity contribution in [3.63, 3.8) is 0 Å². The maximum atomic E-state index is 5.10. The Bertz CT molecular complexity index is 508. The van der Waals surface area contributed by atoms with Crippen molar-refractivity contribution in [2.45, 2.75) is 27.4 Å². The molecule has 0 radical (unpaired) electrons. The van der Waals surface area contributed by atoms with Crippen molar-refractivity contribution in [1.29, 1.82) is 0 Å². The molecular formula is C14H17NOS. The number of hydrogen-bond donors (Lipinski definition) is 0. The van der Waals surface area contributed by atoms with Crippen LogP contribution >= 0.6 is 11.3 Å². The monoisotopic (exact) mass is 247 g/mol. The zero-order chi connectivity index (χ0) is 12.4. The van der Waals surface area contributed by atoms with Gasteiger partial charge in [0.2, 0.25) is 0 Å². The molecule has 3 heteroatoms. The molecule has 1 aromatic heterocycles. The highest BCUT2D eigenvalue weighted by molar-refractivity contribution is 7.09. The van der Waals surface area contributed by atoms with Crippen LogP contribution in [0.25, 0.3) is 11.3 Å². The summed E-state index contributed by atoms with van der Waals surface area (Å²) in [7, 11) is 1.70. The van der Waals surface area contributed by atoms with Gasteiger partial charge in [0.25, 0.3) is 0 Å². The Morgan fingerprint density at radius 3 is 2.41 bits per heavy atom. The third kappa shape index (κ3) is 2.56. The molecule has 0 amide bonds. The standard InChI is InChI=1S/C14H17NOS/c1-9-5-10(2)14(11(3)6-9)12-8-17-13(15-12)7-16-4/h5-6,8H,7H2,1-4H3. The van der Waals surface area contributed by atoms with Crippen molar-refractivity contribution in [2.24, 2.45) is 0 Å². The molecule has 0 fully saturated rings. The van der Waals surface area contributed by atoms with E-state index < -0.39 is 0 Å². The zero-order valence-corrected chi connectivity index (χ0v) is 11.5. The van der Waals surface area contributed by atoms with Crippen molar-refractivity contribution < 1.29 is 4.74 Å². The van der Waals surface area contributed by atoms with Crippen molar-refractivity contribution >= 4 is 11.3 Å². The van der Waals surface area contributed by atoms with Gasteiger partial charge in [-0.3, -0.25) is 0 Å². The predicted octanol–water partition coefficient (Wildman–Crippen LogP) is 3.88. The summed E-state index contributed by atoms with van der Waals surface area (Å²) < 4.78 is 5.10. The van der Waals surface area contributed by atoms with Gasteiger partial charge in [-0.2, -0.15) is 0 Å². The number of aromatic nitrogens is 1. The largest absolute Gasteiger partial charge is 0.378 e. The van der Waals surface area contributed by atoms with Gasteiger partial charge in [0.1, 0.15) is 5.01 Å². The fraction of sp³-hybridized carbons (Fsp3) is 0.357. The van der Waals surface area contributed by atoms with Crippen LogP contribution in [0.15, 0.2) is 17.5 Å². The van der Waals surface area contributed by atoms with Crippen molar-refractivity contribution in [3.05, 3.63) is 39.2 Å². The second kappa shape index (κ2) is 4.98. The van der Waals surface area contributed by atoms with Crippen LogP contribution in [0.5, 0.6) is 0 Å². The van der Waals surface area contributed by atoms with E-state index >= 15 is 0 Å². The molecule has 0 aliphatic rings. The van der Waals surface area contributed by atoms with E-state index in [1.54, 1.807) is 18.4 Å². The smallest absolute Gasteiger partial charge is 0.119 e. The molecule has 90 valence electrons. The zero-order valence-electron chi connectivity index (χ0n) is 10.7. The minimum atomic E-state index is 0.592. The topological polar surface area (TPSA) is 22.1 Å². The molecule has 2 rings (SSSR count). The van der Waals surface area contributed by atoms with Crippen LogP contribution in [0.3, 0.4) is 0 Å². The van der Waals surface area contributed by atoms with E-state index in [1.807, 2.05) is 0 Å². The predicted molar refractivity (Wildman–Crippen MR) is 72.5 cm³/mol. The molecule has 17 heavy (non-hydrogen) atoms. The van der Waals surface area contributed by atoms with Gasteiger partial charge in [0.05, 0.1) is 12.3 Å². The number of thiazole rings is 1. The van der Waals surface area contributed by atoms with Gasteiger partial charge in [-0.25, -0.2) is 4.98 Å². The molecular weight excluding hydrogens is 230 g/mol. The summed E-state index contributed by atoms with van der Waals surface area (Å²) in [5.41, 5.74) is 6.20. The van der Waals surface area contributed by atoms with E-state index in [0.717, 1.165) is 10.7 Å². The number of rotatable bonds is 3. The Labute approximate surface area is 106 Å². The van der Waals surface area contributed by atoms with E-state index in [9.17, 15) is 0 Å². The molecule has 0 saturated heterocycles. The number of ether oxygens (including phenoxy) is 1. The molecule has 2 nitrogen and oxygen atoms in total.